The topological polar surface area (TPSA) is 110 Å². The van der Waals surface area contributed by atoms with E-state index in [-0.39, 0.29) is 12.4 Å². The van der Waals surface area contributed by atoms with E-state index in [0.29, 0.717) is 35.0 Å². The van der Waals surface area contributed by atoms with Gasteiger partial charge in [-0.2, -0.15) is 4.98 Å². The van der Waals surface area contributed by atoms with Gasteiger partial charge in [0.15, 0.2) is 0 Å². The number of anilines is 2. The zero-order chi connectivity index (χ0) is 21.0. The number of hydrogen-bond donors (Lipinski definition) is 3. The van der Waals surface area contributed by atoms with E-state index < -0.39 is 10.0 Å². The summed E-state index contributed by atoms with van der Waals surface area (Å²) in [6, 6.07) is 16.2. The summed E-state index contributed by atoms with van der Waals surface area (Å²) in [4.78, 5) is 9.22. The molecule has 4 rings (SSSR count). The highest BCUT2D eigenvalue weighted by atomic mass is 35.5. The quantitative estimate of drug-likeness (QED) is 0.493. The highest BCUT2D eigenvalue weighted by molar-refractivity contribution is 7.89. The number of hydrogen-bond acceptors (Lipinski definition) is 6. The molecule has 1 fully saturated rings. The molecule has 9 heteroatoms. The SMILES string of the molecule is Cl.Nc1nc(NCC2CCC(CNS(=O)(=O)c3ccccc3)CC2)nc2ccccc12. The van der Waals surface area contributed by atoms with Crippen LogP contribution in [-0.2, 0) is 10.0 Å². The van der Waals surface area contributed by atoms with Crippen molar-refractivity contribution in [3.63, 3.8) is 0 Å². The molecule has 0 aliphatic heterocycles. The van der Waals surface area contributed by atoms with Crippen LogP contribution >= 0.6 is 12.4 Å². The van der Waals surface area contributed by atoms with Crippen LogP contribution in [0.15, 0.2) is 59.5 Å². The third-order valence-corrected chi connectivity index (χ3v) is 7.20. The highest BCUT2D eigenvalue weighted by Gasteiger charge is 2.23. The van der Waals surface area contributed by atoms with Crippen molar-refractivity contribution in [3.8, 4) is 0 Å². The predicted molar refractivity (Wildman–Crippen MR) is 127 cm³/mol. The number of halogens is 1. The lowest BCUT2D eigenvalue weighted by molar-refractivity contribution is 0.284. The molecule has 1 aliphatic carbocycles. The van der Waals surface area contributed by atoms with Gasteiger partial charge in [0, 0.05) is 18.5 Å². The lowest BCUT2D eigenvalue weighted by Crippen LogP contribution is -2.32. The van der Waals surface area contributed by atoms with Crippen molar-refractivity contribution in [2.75, 3.05) is 24.1 Å². The van der Waals surface area contributed by atoms with E-state index in [1.165, 1.54) is 0 Å². The summed E-state index contributed by atoms with van der Waals surface area (Å²) in [5, 5.41) is 4.19. The second-order valence-corrected chi connectivity index (χ2v) is 9.65. The molecule has 0 saturated heterocycles. The first-order chi connectivity index (χ1) is 14.5. The summed E-state index contributed by atoms with van der Waals surface area (Å²) in [5.74, 6) is 1.93. The van der Waals surface area contributed by atoms with Gasteiger partial charge >= 0.3 is 0 Å². The molecule has 2 aromatic carbocycles. The average molecular weight is 462 g/mol. The zero-order valence-corrected chi connectivity index (χ0v) is 18.8. The van der Waals surface area contributed by atoms with Crippen molar-refractivity contribution in [2.24, 2.45) is 11.8 Å². The molecule has 1 aromatic heterocycles. The Morgan fingerprint density at radius 3 is 2.19 bits per heavy atom. The van der Waals surface area contributed by atoms with Gasteiger partial charge in [-0.15, -0.1) is 12.4 Å². The van der Waals surface area contributed by atoms with E-state index in [1.54, 1.807) is 24.3 Å². The Hall–Kier alpha value is -2.42. The van der Waals surface area contributed by atoms with Gasteiger partial charge in [0.1, 0.15) is 5.82 Å². The molecule has 7 nitrogen and oxygen atoms in total. The Kier molecular flexibility index (Phi) is 7.69. The van der Waals surface area contributed by atoms with E-state index >= 15 is 0 Å². The fourth-order valence-electron chi connectivity index (χ4n) is 3.97. The molecule has 0 spiro atoms. The molecule has 0 amide bonds. The van der Waals surface area contributed by atoms with Gasteiger partial charge in [-0.05, 0) is 61.8 Å². The fourth-order valence-corrected chi connectivity index (χ4v) is 5.10. The van der Waals surface area contributed by atoms with Gasteiger partial charge in [-0.3, -0.25) is 0 Å². The predicted octanol–water partition coefficient (Wildman–Crippen LogP) is 3.83. The third-order valence-electron chi connectivity index (χ3n) is 5.76. The number of aromatic nitrogens is 2. The fraction of sp³-hybridized carbons (Fsp3) is 0.364. The normalized spacial score (nSPS) is 19.0. The molecular weight excluding hydrogens is 434 g/mol. The maximum atomic E-state index is 12.4. The minimum Gasteiger partial charge on any atom is -0.383 e. The van der Waals surface area contributed by atoms with E-state index in [1.807, 2.05) is 30.3 Å². The largest absolute Gasteiger partial charge is 0.383 e. The summed E-state index contributed by atoms with van der Waals surface area (Å²) in [7, 11) is -3.43. The first kappa shape index (κ1) is 23.2. The molecule has 0 radical (unpaired) electrons. The van der Waals surface area contributed by atoms with Crippen LogP contribution < -0.4 is 15.8 Å². The van der Waals surface area contributed by atoms with Gasteiger partial charge in [-0.1, -0.05) is 30.3 Å². The molecule has 1 heterocycles. The first-order valence-electron chi connectivity index (χ1n) is 10.3. The molecule has 4 N–H and O–H groups in total. The van der Waals surface area contributed by atoms with Crippen LogP contribution in [-0.4, -0.2) is 31.5 Å². The molecule has 31 heavy (non-hydrogen) atoms. The van der Waals surface area contributed by atoms with Crippen molar-refractivity contribution in [3.05, 3.63) is 54.6 Å². The molecule has 0 unspecified atom stereocenters. The highest BCUT2D eigenvalue weighted by Crippen LogP contribution is 2.29. The molecule has 0 bridgehead atoms. The molecule has 0 atom stereocenters. The van der Waals surface area contributed by atoms with Gasteiger partial charge < -0.3 is 11.1 Å². The summed E-state index contributed by atoms with van der Waals surface area (Å²) >= 11 is 0. The molecule has 1 aliphatic rings. The number of benzene rings is 2. The Balaban J connectivity index is 0.00000272. The van der Waals surface area contributed by atoms with Crippen molar-refractivity contribution in [2.45, 2.75) is 30.6 Å². The van der Waals surface area contributed by atoms with Crippen LogP contribution in [0.2, 0.25) is 0 Å². The van der Waals surface area contributed by atoms with Gasteiger partial charge in [0.2, 0.25) is 16.0 Å². The van der Waals surface area contributed by atoms with Gasteiger partial charge in [0.25, 0.3) is 0 Å². The average Bonchev–Trinajstić information content (AvgIpc) is 2.78. The number of para-hydroxylation sites is 1. The summed E-state index contributed by atoms with van der Waals surface area (Å²) in [6.07, 6.45) is 4.11. The van der Waals surface area contributed by atoms with Crippen LogP contribution in [0.25, 0.3) is 10.9 Å². The number of rotatable bonds is 7. The second-order valence-electron chi connectivity index (χ2n) is 7.88. The lowest BCUT2D eigenvalue weighted by atomic mass is 9.82. The first-order valence-corrected chi connectivity index (χ1v) is 11.8. The Morgan fingerprint density at radius 2 is 1.48 bits per heavy atom. The molecular formula is C22H28ClN5O2S. The minimum absolute atomic E-state index is 0. The van der Waals surface area contributed by atoms with E-state index in [2.05, 4.69) is 20.0 Å². The molecule has 3 aromatic rings. The third kappa shape index (κ3) is 5.84. The number of fused-ring (bicyclic) bond motifs is 1. The smallest absolute Gasteiger partial charge is 0.240 e. The van der Waals surface area contributed by atoms with Crippen LogP contribution in [0, 0.1) is 11.8 Å². The van der Waals surface area contributed by atoms with Crippen molar-refractivity contribution < 1.29 is 8.42 Å². The van der Waals surface area contributed by atoms with Crippen LogP contribution in [0.3, 0.4) is 0 Å². The Bertz CT molecular complexity index is 1100. The van der Waals surface area contributed by atoms with Gasteiger partial charge in [0.05, 0.1) is 10.4 Å². The molecule has 166 valence electrons. The van der Waals surface area contributed by atoms with Crippen molar-refractivity contribution in [1.82, 2.24) is 14.7 Å². The van der Waals surface area contributed by atoms with Crippen molar-refractivity contribution >= 4 is 45.1 Å². The summed E-state index contributed by atoms with van der Waals surface area (Å²) < 4.78 is 27.5. The Labute approximate surface area is 189 Å². The Morgan fingerprint density at radius 1 is 0.871 bits per heavy atom. The van der Waals surface area contributed by atoms with Gasteiger partial charge in [-0.25, -0.2) is 18.1 Å². The van der Waals surface area contributed by atoms with Crippen LogP contribution in [0.1, 0.15) is 25.7 Å². The minimum atomic E-state index is -3.43. The maximum absolute atomic E-state index is 12.4. The van der Waals surface area contributed by atoms with E-state index in [0.717, 1.165) is 43.1 Å². The second kappa shape index (κ2) is 10.3. The van der Waals surface area contributed by atoms with Crippen LogP contribution in [0.5, 0.6) is 0 Å². The van der Waals surface area contributed by atoms with E-state index in [4.69, 9.17) is 5.73 Å². The van der Waals surface area contributed by atoms with Crippen molar-refractivity contribution in [1.29, 1.82) is 0 Å². The van der Waals surface area contributed by atoms with Crippen LogP contribution in [0.4, 0.5) is 11.8 Å². The lowest BCUT2D eigenvalue weighted by Gasteiger charge is -2.28. The number of nitrogens with two attached hydrogens (primary N) is 1. The maximum Gasteiger partial charge on any atom is 0.240 e. The monoisotopic (exact) mass is 461 g/mol. The van der Waals surface area contributed by atoms with E-state index in [9.17, 15) is 8.42 Å². The summed E-state index contributed by atoms with van der Waals surface area (Å²) in [6.45, 7) is 1.28. The summed E-state index contributed by atoms with van der Waals surface area (Å²) in [5.41, 5.74) is 6.88. The number of nitrogen functional groups attached to an aromatic ring is 1. The number of sulfonamides is 1. The standard InChI is InChI=1S/C22H27N5O2S.ClH/c23-21-19-8-4-5-9-20(19)26-22(27-21)24-14-16-10-12-17(13-11-16)15-25-30(28,29)18-6-2-1-3-7-18;/h1-9,16-17,25H,10-15H2,(H3,23,24,26,27);1H. The molecule has 1 saturated carbocycles. The number of nitrogens with zero attached hydrogens (tertiary/aromatic N) is 2. The zero-order valence-electron chi connectivity index (χ0n) is 17.2. The number of nitrogens with one attached hydrogen (secondary N) is 2.